The van der Waals surface area contributed by atoms with Crippen LogP contribution in [-0.2, 0) is 9.59 Å². The normalized spacial score (nSPS) is 20.1. The fourth-order valence-electron chi connectivity index (χ4n) is 3.15. The van der Waals surface area contributed by atoms with Gasteiger partial charge in [0, 0.05) is 5.69 Å². The Hall–Kier alpha value is -2.37. The molecule has 142 valence electrons. The molecule has 0 spiro atoms. The molecule has 0 saturated carbocycles. The summed E-state index contributed by atoms with van der Waals surface area (Å²) in [5.41, 5.74) is 1.93. The van der Waals surface area contributed by atoms with Crippen LogP contribution in [0.15, 0.2) is 18.2 Å². The minimum absolute atomic E-state index is 0.240. The zero-order valence-electron chi connectivity index (χ0n) is 16.5. The third-order valence-corrected chi connectivity index (χ3v) is 4.99. The number of amides is 4. The van der Waals surface area contributed by atoms with Gasteiger partial charge in [-0.25, -0.2) is 4.79 Å². The summed E-state index contributed by atoms with van der Waals surface area (Å²) in [4.78, 5) is 38.2. The summed E-state index contributed by atoms with van der Waals surface area (Å²) in [5.74, 6) is -0.251. The number of carbonyl (C=O) groups is 3. The van der Waals surface area contributed by atoms with Gasteiger partial charge in [0.05, 0.1) is 0 Å². The number of anilines is 1. The lowest BCUT2D eigenvalue weighted by atomic mass is 9.92. The van der Waals surface area contributed by atoms with Crippen LogP contribution in [-0.4, -0.2) is 34.8 Å². The van der Waals surface area contributed by atoms with Crippen LogP contribution in [0.5, 0.6) is 0 Å². The summed E-state index contributed by atoms with van der Waals surface area (Å²) in [6.45, 7) is 11.5. The van der Waals surface area contributed by atoms with Crippen molar-refractivity contribution in [3.05, 3.63) is 29.3 Å². The first-order valence-electron chi connectivity index (χ1n) is 9.17. The van der Waals surface area contributed by atoms with Crippen molar-refractivity contribution in [3.63, 3.8) is 0 Å². The first kappa shape index (κ1) is 19.9. The van der Waals surface area contributed by atoms with Crippen LogP contribution in [0, 0.1) is 0 Å². The van der Waals surface area contributed by atoms with Gasteiger partial charge in [0.25, 0.3) is 5.91 Å². The predicted molar refractivity (Wildman–Crippen MR) is 102 cm³/mol. The molecule has 1 aromatic carbocycles. The first-order valence-corrected chi connectivity index (χ1v) is 9.17. The molecule has 0 unspecified atom stereocenters. The Balaban J connectivity index is 2.23. The van der Waals surface area contributed by atoms with Gasteiger partial charge in [0.1, 0.15) is 12.1 Å². The smallest absolute Gasteiger partial charge is 0.324 e. The maximum atomic E-state index is 12.6. The van der Waals surface area contributed by atoms with Crippen LogP contribution >= 0.6 is 0 Å². The number of nitrogens with zero attached hydrogens (tertiary/aromatic N) is 1. The highest BCUT2D eigenvalue weighted by Gasteiger charge is 2.47. The Morgan fingerprint density at radius 3 is 2.12 bits per heavy atom. The topological polar surface area (TPSA) is 78.5 Å². The number of carbonyl (C=O) groups excluding carboxylic acids is 3. The van der Waals surface area contributed by atoms with Gasteiger partial charge in [0.15, 0.2) is 0 Å². The molecule has 6 heteroatoms. The van der Waals surface area contributed by atoms with Gasteiger partial charge in [-0.3, -0.25) is 14.5 Å². The molecule has 2 N–H and O–H groups in total. The van der Waals surface area contributed by atoms with Crippen molar-refractivity contribution in [2.24, 2.45) is 0 Å². The Morgan fingerprint density at radius 2 is 1.69 bits per heavy atom. The maximum Gasteiger partial charge on any atom is 0.325 e. The zero-order chi connectivity index (χ0) is 19.6. The summed E-state index contributed by atoms with van der Waals surface area (Å²) in [5, 5.41) is 5.61. The molecule has 1 aliphatic heterocycles. The maximum absolute atomic E-state index is 12.6. The van der Waals surface area contributed by atoms with Crippen molar-refractivity contribution in [2.45, 2.75) is 65.3 Å². The van der Waals surface area contributed by atoms with Gasteiger partial charge in [-0.15, -0.1) is 0 Å². The molecule has 4 amide bonds. The van der Waals surface area contributed by atoms with Crippen molar-refractivity contribution < 1.29 is 14.4 Å². The molecule has 1 heterocycles. The molecule has 1 saturated heterocycles. The number of hydrogen-bond acceptors (Lipinski definition) is 3. The molecule has 0 aromatic heterocycles. The van der Waals surface area contributed by atoms with Crippen LogP contribution in [0.3, 0.4) is 0 Å². The fourth-order valence-corrected chi connectivity index (χ4v) is 3.15. The van der Waals surface area contributed by atoms with E-state index in [1.54, 1.807) is 6.92 Å². The zero-order valence-corrected chi connectivity index (χ0v) is 16.5. The molecule has 1 aliphatic rings. The third kappa shape index (κ3) is 3.74. The van der Waals surface area contributed by atoms with Crippen molar-refractivity contribution in [2.75, 3.05) is 11.9 Å². The van der Waals surface area contributed by atoms with Gasteiger partial charge in [0.2, 0.25) is 5.91 Å². The molecule has 0 aliphatic carbocycles. The van der Waals surface area contributed by atoms with Gasteiger partial charge >= 0.3 is 6.03 Å². The molecule has 1 atom stereocenters. The van der Waals surface area contributed by atoms with Crippen LogP contribution in [0.1, 0.15) is 70.9 Å². The summed E-state index contributed by atoms with van der Waals surface area (Å²) < 4.78 is 0. The Kier molecular flexibility index (Phi) is 5.74. The number of para-hydroxylation sites is 1. The number of urea groups is 1. The molecule has 0 bridgehead atoms. The molecule has 0 radical (unpaired) electrons. The van der Waals surface area contributed by atoms with Crippen molar-refractivity contribution >= 4 is 23.5 Å². The predicted octanol–water partition coefficient (Wildman–Crippen LogP) is 3.59. The van der Waals surface area contributed by atoms with E-state index in [1.807, 2.05) is 25.1 Å². The second kappa shape index (κ2) is 7.48. The second-order valence-electron chi connectivity index (χ2n) is 7.68. The standard InChI is InChI=1S/C20H29N3O3/c1-7-20(6)18(25)23(19(26)22-20)11-16(24)21-17-14(12(2)3)9-8-10-15(17)13(4)5/h8-10,12-13H,7,11H2,1-6H3,(H,21,24)(H,22,26)/t20-/m1/s1. The molecular weight excluding hydrogens is 330 g/mol. The van der Waals surface area contributed by atoms with Gasteiger partial charge in [-0.05, 0) is 36.3 Å². The summed E-state index contributed by atoms with van der Waals surface area (Å²) in [6, 6.07) is 5.46. The monoisotopic (exact) mass is 359 g/mol. The van der Waals surface area contributed by atoms with Crippen molar-refractivity contribution in [1.82, 2.24) is 10.2 Å². The lowest BCUT2D eigenvalue weighted by Crippen LogP contribution is -2.44. The van der Waals surface area contributed by atoms with Gasteiger partial charge < -0.3 is 10.6 Å². The highest BCUT2D eigenvalue weighted by Crippen LogP contribution is 2.32. The van der Waals surface area contributed by atoms with E-state index in [1.165, 1.54) is 0 Å². The quantitative estimate of drug-likeness (QED) is 0.762. The van der Waals surface area contributed by atoms with Crippen LogP contribution in [0.4, 0.5) is 10.5 Å². The number of rotatable bonds is 6. The lowest BCUT2D eigenvalue weighted by Gasteiger charge is -2.22. The van der Waals surface area contributed by atoms with Crippen LogP contribution in [0.25, 0.3) is 0 Å². The minimum atomic E-state index is -0.934. The number of imide groups is 1. The number of hydrogen-bond donors (Lipinski definition) is 2. The summed E-state index contributed by atoms with van der Waals surface area (Å²) >= 11 is 0. The largest absolute Gasteiger partial charge is 0.325 e. The molecular formula is C20H29N3O3. The van der Waals surface area contributed by atoms with Crippen LogP contribution < -0.4 is 10.6 Å². The lowest BCUT2D eigenvalue weighted by molar-refractivity contribution is -0.133. The summed E-state index contributed by atoms with van der Waals surface area (Å²) in [7, 11) is 0. The fraction of sp³-hybridized carbons (Fsp3) is 0.550. The Bertz CT molecular complexity index is 701. The first-order chi connectivity index (χ1) is 12.1. The van der Waals surface area contributed by atoms with E-state index < -0.39 is 11.6 Å². The Labute approximate surface area is 155 Å². The Morgan fingerprint density at radius 1 is 1.15 bits per heavy atom. The minimum Gasteiger partial charge on any atom is -0.324 e. The number of nitrogens with one attached hydrogen (secondary N) is 2. The molecule has 1 aromatic rings. The van der Waals surface area contributed by atoms with E-state index >= 15 is 0 Å². The van der Waals surface area contributed by atoms with Gasteiger partial charge in [-0.2, -0.15) is 0 Å². The van der Waals surface area contributed by atoms with E-state index in [0.29, 0.717) is 6.42 Å². The SMILES string of the molecule is CC[C@@]1(C)NC(=O)N(CC(=O)Nc2c(C(C)C)cccc2C(C)C)C1=O. The molecule has 26 heavy (non-hydrogen) atoms. The summed E-state index contributed by atoms with van der Waals surface area (Å²) in [6.07, 6.45) is 0.476. The van der Waals surface area contributed by atoms with Gasteiger partial charge in [-0.1, -0.05) is 52.8 Å². The highest BCUT2D eigenvalue weighted by molar-refractivity contribution is 6.10. The molecule has 2 rings (SSSR count). The number of benzene rings is 1. The molecule has 6 nitrogen and oxygen atoms in total. The van der Waals surface area contributed by atoms with E-state index in [4.69, 9.17) is 0 Å². The van der Waals surface area contributed by atoms with E-state index in [-0.39, 0.29) is 30.2 Å². The van der Waals surface area contributed by atoms with Crippen LogP contribution in [0.2, 0.25) is 0 Å². The average Bonchev–Trinajstić information content (AvgIpc) is 2.78. The third-order valence-electron chi connectivity index (χ3n) is 4.99. The van der Waals surface area contributed by atoms with E-state index in [9.17, 15) is 14.4 Å². The van der Waals surface area contributed by atoms with E-state index in [2.05, 4.69) is 38.3 Å². The van der Waals surface area contributed by atoms with E-state index in [0.717, 1.165) is 21.7 Å². The molecule has 1 fully saturated rings. The van der Waals surface area contributed by atoms with Crippen molar-refractivity contribution in [3.8, 4) is 0 Å². The highest BCUT2D eigenvalue weighted by atomic mass is 16.2. The van der Waals surface area contributed by atoms with Crippen molar-refractivity contribution in [1.29, 1.82) is 0 Å². The second-order valence-corrected chi connectivity index (χ2v) is 7.68. The average molecular weight is 359 g/mol.